The molecule has 0 saturated heterocycles. The summed E-state index contributed by atoms with van der Waals surface area (Å²) in [5.74, 6) is -0.708. The van der Waals surface area contributed by atoms with Gasteiger partial charge in [0.2, 0.25) is 21.8 Å². The third kappa shape index (κ3) is 7.87. The highest BCUT2D eigenvalue weighted by Gasteiger charge is 2.33. The van der Waals surface area contributed by atoms with E-state index in [2.05, 4.69) is 5.32 Å². The van der Waals surface area contributed by atoms with Crippen molar-refractivity contribution in [3.63, 3.8) is 0 Å². The van der Waals surface area contributed by atoms with E-state index in [9.17, 15) is 18.0 Å². The number of nitrogens with one attached hydrogen (secondary N) is 1. The zero-order valence-electron chi connectivity index (χ0n) is 21.3. The van der Waals surface area contributed by atoms with Crippen LogP contribution in [0, 0.1) is 13.8 Å². The molecule has 186 valence electrons. The lowest BCUT2D eigenvalue weighted by atomic mass is 10.1. The van der Waals surface area contributed by atoms with Crippen LogP contribution in [0.1, 0.15) is 50.8 Å². The van der Waals surface area contributed by atoms with Crippen molar-refractivity contribution in [2.75, 3.05) is 17.1 Å². The second-order valence-electron chi connectivity index (χ2n) is 9.78. The third-order valence-electron chi connectivity index (χ3n) is 5.33. The average Bonchev–Trinajstić information content (AvgIpc) is 2.71. The minimum absolute atomic E-state index is 0.195. The minimum Gasteiger partial charge on any atom is -0.350 e. The second kappa shape index (κ2) is 11.0. The van der Waals surface area contributed by atoms with Gasteiger partial charge in [-0.3, -0.25) is 13.9 Å². The van der Waals surface area contributed by atoms with Gasteiger partial charge in [-0.15, -0.1) is 0 Å². The van der Waals surface area contributed by atoms with Crippen molar-refractivity contribution in [2.24, 2.45) is 0 Å². The molecule has 8 heteroatoms. The first kappa shape index (κ1) is 27.4. The van der Waals surface area contributed by atoms with Gasteiger partial charge in [-0.1, -0.05) is 48.9 Å². The summed E-state index contributed by atoms with van der Waals surface area (Å²) < 4.78 is 26.4. The number of carbonyl (C=O) groups excluding carboxylic acids is 2. The maximum atomic E-state index is 13.6. The van der Waals surface area contributed by atoms with Crippen LogP contribution in [-0.2, 0) is 26.2 Å². The number of nitrogens with zero attached hydrogens (tertiary/aromatic N) is 2. The predicted octanol–water partition coefficient (Wildman–Crippen LogP) is 3.79. The van der Waals surface area contributed by atoms with Gasteiger partial charge in [0, 0.05) is 12.1 Å². The molecule has 2 aromatic rings. The number of carbonyl (C=O) groups is 2. The number of aryl methyl sites for hydroxylation is 2. The molecule has 34 heavy (non-hydrogen) atoms. The second-order valence-corrected chi connectivity index (χ2v) is 11.7. The normalized spacial score (nSPS) is 12.7. The smallest absolute Gasteiger partial charge is 0.244 e. The van der Waals surface area contributed by atoms with Gasteiger partial charge in [0.15, 0.2) is 0 Å². The van der Waals surface area contributed by atoms with E-state index in [1.807, 2.05) is 71.9 Å². The van der Waals surface area contributed by atoms with Crippen molar-refractivity contribution in [3.05, 3.63) is 65.2 Å². The minimum atomic E-state index is -3.74. The van der Waals surface area contributed by atoms with Crippen LogP contribution >= 0.6 is 0 Å². The Kier molecular flexibility index (Phi) is 8.89. The van der Waals surface area contributed by atoms with Crippen LogP contribution in [0.3, 0.4) is 0 Å². The molecule has 0 spiro atoms. The van der Waals surface area contributed by atoms with Gasteiger partial charge in [0.05, 0.1) is 11.9 Å². The van der Waals surface area contributed by atoms with Crippen molar-refractivity contribution in [1.29, 1.82) is 0 Å². The van der Waals surface area contributed by atoms with Crippen LogP contribution < -0.4 is 9.62 Å². The van der Waals surface area contributed by atoms with Crippen LogP contribution in [0.5, 0.6) is 0 Å². The molecule has 2 aromatic carbocycles. The predicted molar refractivity (Wildman–Crippen MR) is 137 cm³/mol. The molecule has 1 atom stereocenters. The van der Waals surface area contributed by atoms with Gasteiger partial charge in [-0.2, -0.15) is 0 Å². The fraction of sp³-hybridized carbons (Fsp3) is 0.462. The number of hydrogen-bond acceptors (Lipinski definition) is 4. The largest absolute Gasteiger partial charge is 0.350 e. The fourth-order valence-electron chi connectivity index (χ4n) is 3.66. The van der Waals surface area contributed by atoms with Crippen LogP contribution in [0.4, 0.5) is 5.69 Å². The van der Waals surface area contributed by atoms with Crippen molar-refractivity contribution >= 4 is 27.5 Å². The monoisotopic (exact) mass is 487 g/mol. The first-order chi connectivity index (χ1) is 15.7. The van der Waals surface area contributed by atoms with E-state index < -0.39 is 34.1 Å². The van der Waals surface area contributed by atoms with E-state index in [-0.39, 0.29) is 12.5 Å². The highest BCUT2D eigenvalue weighted by molar-refractivity contribution is 7.92. The molecule has 0 aliphatic heterocycles. The molecule has 0 bridgehead atoms. The van der Waals surface area contributed by atoms with Crippen LogP contribution in [0.15, 0.2) is 48.5 Å². The molecule has 0 aromatic heterocycles. The summed E-state index contributed by atoms with van der Waals surface area (Å²) in [5, 5.41) is 2.96. The molecule has 0 aliphatic rings. The molecule has 2 rings (SSSR count). The molecule has 0 saturated carbocycles. The number of anilines is 1. The average molecular weight is 488 g/mol. The van der Waals surface area contributed by atoms with E-state index in [0.717, 1.165) is 27.3 Å². The fourth-order valence-corrected chi connectivity index (χ4v) is 4.50. The molecule has 7 nitrogen and oxygen atoms in total. The Bertz CT molecular complexity index is 1110. The zero-order chi connectivity index (χ0) is 25.7. The molecule has 2 amide bonds. The molecular formula is C26H37N3O4S. The first-order valence-corrected chi connectivity index (χ1v) is 13.3. The third-order valence-corrected chi connectivity index (χ3v) is 6.47. The number of sulfonamides is 1. The number of hydrogen-bond donors (Lipinski definition) is 1. The van der Waals surface area contributed by atoms with Crippen molar-refractivity contribution in [2.45, 2.75) is 66.1 Å². The molecule has 0 fully saturated rings. The van der Waals surface area contributed by atoms with E-state index in [1.54, 1.807) is 18.2 Å². The van der Waals surface area contributed by atoms with Gasteiger partial charge >= 0.3 is 0 Å². The SMILES string of the molecule is CC[C@H](C(=O)NC(C)(C)C)N(Cc1ccc(C)cc1)C(=O)CN(c1cccc(C)c1)S(C)(=O)=O. The van der Waals surface area contributed by atoms with Gasteiger partial charge in [0.1, 0.15) is 12.6 Å². The molecule has 0 radical (unpaired) electrons. The Balaban J connectivity index is 2.45. The van der Waals surface area contributed by atoms with Gasteiger partial charge in [0.25, 0.3) is 0 Å². The summed E-state index contributed by atoms with van der Waals surface area (Å²) in [7, 11) is -3.74. The summed E-state index contributed by atoms with van der Waals surface area (Å²) in [6, 6.07) is 14.0. The summed E-state index contributed by atoms with van der Waals surface area (Å²) in [6.45, 7) is 11.1. The quantitative estimate of drug-likeness (QED) is 0.583. The van der Waals surface area contributed by atoms with E-state index in [1.165, 1.54) is 4.90 Å². The summed E-state index contributed by atoms with van der Waals surface area (Å²) in [5.41, 5.74) is 2.78. The van der Waals surface area contributed by atoms with Crippen molar-refractivity contribution in [1.82, 2.24) is 10.2 Å². The molecule has 0 unspecified atom stereocenters. The van der Waals surface area contributed by atoms with Gasteiger partial charge in [-0.25, -0.2) is 8.42 Å². The molecule has 0 heterocycles. The van der Waals surface area contributed by atoms with Crippen LogP contribution in [0.25, 0.3) is 0 Å². The summed E-state index contributed by atoms with van der Waals surface area (Å²) in [4.78, 5) is 28.3. The van der Waals surface area contributed by atoms with Gasteiger partial charge < -0.3 is 10.2 Å². The zero-order valence-corrected chi connectivity index (χ0v) is 22.1. The first-order valence-electron chi connectivity index (χ1n) is 11.4. The molecule has 0 aliphatic carbocycles. The Morgan fingerprint density at radius 3 is 2.12 bits per heavy atom. The maximum absolute atomic E-state index is 13.6. The number of benzene rings is 2. The lowest BCUT2D eigenvalue weighted by Crippen LogP contribution is -2.55. The Morgan fingerprint density at radius 1 is 1.00 bits per heavy atom. The van der Waals surface area contributed by atoms with Crippen LogP contribution in [-0.4, -0.2) is 49.5 Å². The molecular weight excluding hydrogens is 450 g/mol. The van der Waals surface area contributed by atoms with E-state index in [0.29, 0.717) is 12.1 Å². The summed E-state index contributed by atoms with van der Waals surface area (Å²) in [6.07, 6.45) is 1.47. The topological polar surface area (TPSA) is 86.8 Å². The standard InChI is InChI=1S/C26H37N3O4S/c1-8-23(25(31)27-26(4,5)6)28(17-21-14-12-19(2)13-15-21)24(30)18-29(34(7,32)33)22-11-9-10-20(3)16-22/h9-16,23H,8,17-18H2,1-7H3,(H,27,31)/t23-/m1/s1. The number of rotatable bonds is 9. The Morgan fingerprint density at radius 2 is 1.62 bits per heavy atom. The van der Waals surface area contributed by atoms with E-state index >= 15 is 0 Å². The lowest BCUT2D eigenvalue weighted by molar-refractivity contribution is -0.141. The Labute approximate surface area is 204 Å². The van der Waals surface area contributed by atoms with Gasteiger partial charge in [-0.05, 0) is 64.3 Å². The lowest BCUT2D eigenvalue weighted by Gasteiger charge is -2.34. The highest BCUT2D eigenvalue weighted by atomic mass is 32.2. The summed E-state index contributed by atoms with van der Waals surface area (Å²) >= 11 is 0. The van der Waals surface area contributed by atoms with Crippen molar-refractivity contribution in [3.8, 4) is 0 Å². The Hall–Kier alpha value is -2.87. The highest BCUT2D eigenvalue weighted by Crippen LogP contribution is 2.21. The van der Waals surface area contributed by atoms with Crippen molar-refractivity contribution < 1.29 is 18.0 Å². The molecule has 1 N–H and O–H groups in total. The maximum Gasteiger partial charge on any atom is 0.244 e. The van der Waals surface area contributed by atoms with Crippen LogP contribution in [0.2, 0.25) is 0 Å². The number of amides is 2. The van der Waals surface area contributed by atoms with E-state index in [4.69, 9.17) is 0 Å².